The first kappa shape index (κ1) is 17.0. The molecule has 9 nitrogen and oxygen atoms in total. The van der Waals surface area contributed by atoms with Gasteiger partial charge in [-0.1, -0.05) is 0 Å². The van der Waals surface area contributed by atoms with E-state index in [4.69, 9.17) is 9.47 Å². The van der Waals surface area contributed by atoms with E-state index in [1.165, 1.54) is 26.5 Å². The number of anilines is 1. The number of nitrogens with zero attached hydrogens (tertiary/aromatic N) is 4. The van der Waals surface area contributed by atoms with Crippen molar-refractivity contribution < 1.29 is 23.4 Å². The van der Waals surface area contributed by atoms with E-state index in [0.717, 1.165) is 4.90 Å². The van der Waals surface area contributed by atoms with Crippen molar-refractivity contribution >= 4 is 5.69 Å². The molecule has 0 amide bonds. The number of ether oxygens (including phenoxy) is 2. The van der Waals surface area contributed by atoms with Gasteiger partial charge in [-0.05, 0) is 6.07 Å². The lowest BCUT2D eigenvalue weighted by Gasteiger charge is -2.17. The van der Waals surface area contributed by atoms with Crippen molar-refractivity contribution in [1.82, 2.24) is 20.2 Å². The number of aromatic amines is 1. The van der Waals surface area contributed by atoms with Gasteiger partial charge in [-0.3, -0.25) is 4.79 Å². The van der Waals surface area contributed by atoms with Crippen molar-refractivity contribution in [3.05, 3.63) is 22.6 Å². The molecule has 1 unspecified atom stereocenters. The van der Waals surface area contributed by atoms with Gasteiger partial charge >= 0.3 is 6.01 Å². The van der Waals surface area contributed by atoms with Crippen LogP contribution in [0, 0.1) is 0 Å². The zero-order chi connectivity index (χ0) is 18.2. The molecule has 11 heteroatoms. The third-order valence-electron chi connectivity index (χ3n) is 3.79. The highest BCUT2D eigenvalue weighted by Gasteiger charge is 2.47. The lowest BCUT2D eigenvalue weighted by atomic mass is 10.2. The van der Waals surface area contributed by atoms with Gasteiger partial charge in [-0.25, -0.2) is 18.9 Å². The standard InChI is InChI=1S/C14H15F2N5O4/c1-24-12-7(4-17-13(18-12)25-2)8-3-9(11(23)20-19-8)21-5-10(22)14(15,16)6-21/h3-4,10,22H,5-6H2,1-2H3,(H,20,23). The average molecular weight is 355 g/mol. The van der Waals surface area contributed by atoms with Crippen molar-refractivity contribution in [3.63, 3.8) is 0 Å². The fourth-order valence-corrected chi connectivity index (χ4v) is 2.50. The molecule has 1 aliphatic rings. The summed E-state index contributed by atoms with van der Waals surface area (Å²) >= 11 is 0. The molecule has 0 bridgehead atoms. The maximum absolute atomic E-state index is 13.6. The summed E-state index contributed by atoms with van der Waals surface area (Å²) in [6.07, 6.45) is -0.468. The summed E-state index contributed by atoms with van der Waals surface area (Å²) in [5, 5.41) is 15.6. The van der Waals surface area contributed by atoms with Crippen LogP contribution in [-0.4, -0.2) is 64.6 Å². The molecule has 134 valence electrons. The van der Waals surface area contributed by atoms with E-state index in [2.05, 4.69) is 20.2 Å². The van der Waals surface area contributed by atoms with Crippen LogP contribution < -0.4 is 19.9 Å². The molecule has 0 aromatic carbocycles. The fourth-order valence-electron chi connectivity index (χ4n) is 2.50. The minimum atomic E-state index is -3.29. The minimum absolute atomic E-state index is 0.0425. The first-order valence-electron chi connectivity index (χ1n) is 7.21. The van der Waals surface area contributed by atoms with Gasteiger partial charge in [0.1, 0.15) is 11.8 Å². The van der Waals surface area contributed by atoms with Crippen LogP contribution in [0.2, 0.25) is 0 Å². The van der Waals surface area contributed by atoms with Crippen LogP contribution in [0.5, 0.6) is 11.9 Å². The zero-order valence-corrected chi connectivity index (χ0v) is 13.4. The van der Waals surface area contributed by atoms with Crippen molar-refractivity contribution in [2.75, 3.05) is 32.2 Å². The van der Waals surface area contributed by atoms with E-state index < -0.39 is 24.1 Å². The number of nitrogens with one attached hydrogen (secondary N) is 1. The molecule has 2 N–H and O–H groups in total. The number of aromatic nitrogens is 4. The van der Waals surface area contributed by atoms with Crippen LogP contribution in [0.15, 0.2) is 17.1 Å². The molecular formula is C14H15F2N5O4. The molecule has 3 rings (SSSR count). The smallest absolute Gasteiger partial charge is 0.319 e. The molecule has 1 saturated heterocycles. The number of aliphatic hydroxyl groups is 1. The van der Waals surface area contributed by atoms with E-state index in [1.807, 2.05) is 0 Å². The second-order valence-electron chi connectivity index (χ2n) is 5.40. The van der Waals surface area contributed by atoms with Crippen molar-refractivity contribution in [1.29, 1.82) is 0 Å². The van der Waals surface area contributed by atoms with Crippen LogP contribution in [0.3, 0.4) is 0 Å². The van der Waals surface area contributed by atoms with Gasteiger partial charge in [0.2, 0.25) is 5.88 Å². The average Bonchev–Trinajstić information content (AvgIpc) is 2.87. The Morgan fingerprint density at radius 3 is 2.76 bits per heavy atom. The predicted molar refractivity (Wildman–Crippen MR) is 82.2 cm³/mol. The highest BCUT2D eigenvalue weighted by atomic mass is 19.3. The normalized spacial score (nSPS) is 19.1. The Kier molecular flexibility index (Phi) is 4.25. The van der Waals surface area contributed by atoms with E-state index in [9.17, 15) is 18.7 Å². The van der Waals surface area contributed by atoms with Crippen LogP contribution in [0.4, 0.5) is 14.5 Å². The number of halogens is 2. The van der Waals surface area contributed by atoms with Crippen molar-refractivity contribution in [2.45, 2.75) is 12.0 Å². The molecule has 2 aromatic rings. The summed E-state index contributed by atoms with van der Waals surface area (Å²) in [5.74, 6) is -3.15. The molecule has 2 aromatic heterocycles. The van der Waals surface area contributed by atoms with Crippen LogP contribution >= 0.6 is 0 Å². The maximum Gasteiger partial charge on any atom is 0.319 e. The van der Waals surface area contributed by atoms with E-state index >= 15 is 0 Å². The SMILES string of the molecule is COc1ncc(-c2cc(N3CC(O)C(F)(F)C3)c(=O)[nH]n2)c(OC)n1. The topological polar surface area (TPSA) is 113 Å². The van der Waals surface area contributed by atoms with Gasteiger partial charge in [0, 0.05) is 6.20 Å². The number of hydrogen-bond donors (Lipinski definition) is 2. The number of methoxy groups -OCH3 is 2. The number of β-amino-alcohol motifs (C(OH)–C–C–N with tert-alkyl or cyclic N) is 1. The van der Waals surface area contributed by atoms with Gasteiger partial charge in [-0.15, -0.1) is 0 Å². The fraction of sp³-hybridized carbons (Fsp3) is 0.429. The number of rotatable bonds is 4. The van der Waals surface area contributed by atoms with E-state index in [1.54, 1.807) is 0 Å². The Morgan fingerprint density at radius 1 is 1.40 bits per heavy atom. The first-order valence-corrected chi connectivity index (χ1v) is 7.21. The molecule has 0 aliphatic carbocycles. The third-order valence-corrected chi connectivity index (χ3v) is 3.79. The van der Waals surface area contributed by atoms with Gasteiger partial charge in [0.05, 0.1) is 38.6 Å². The maximum atomic E-state index is 13.6. The molecule has 0 saturated carbocycles. The Hall–Kier alpha value is -2.82. The molecule has 3 heterocycles. The molecule has 1 fully saturated rings. The highest BCUT2D eigenvalue weighted by Crippen LogP contribution is 2.32. The predicted octanol–water partition coefficient (Wildman–Crippen LogP) is 0.0603. The minimum Gasteiger partial charge on any atom is -0.480 e. The zero-order valence-electron chi connectivity index (χ0n) is 13.4. The molecular weight excluding hydrogens is 340 g/mol. The third kappa shape index (κ3) is 3.09. The second-order valence-corrected chi connectivity index (χ2v) is 5.40. The molecule has 0 radical (unpaired) electrons. The Labute approximate surface area is 140 Å². The summed E-state index contributed by atoms with van der Waals surface area (Å²) in [6.45, 7) is -1.13. The van der Waals surface area contributed by atoms with Gasteiger partial charge < -0.3 is 19.5 Å². The highest BCUT2D eigenvalue weighted by molar-refractivity contribution is 5.67. The second kappa shape index (κ2) is 6.24. The van der Waals surface area contributed by atoms with Gasteiger partial charge in [0.15, 0.2) is 0 Å². The molecule has 0 spiro atoms. The number of alkyl halides is 2. The number of aliphatic hydroxyl groups excluding tert-OH is 1. The van der Waals surface area contributed by atoms with E-state index in [0.29, 0.717) is 5.56 Å². The molecule has 25 heavy (non-hydrogen) atoms. The lowest BCUT2D eigenvalue weighted by molar-refractivity contribution is -0.0712. The number of hydrogen-bond acceptors (Lipinski definition) is 8. The Bertz CT molecular complexity index is 844. The lowest BCUT2D eigenvalue weighted by Crippen LogP contribution is -2.31. The monoisotopic (exact) mass is 355 g/mol. The Morgan fingerprint density at radius 2 is 2.16 bits per heavy atom. The summed E-state index contributed by atoms with van der Waals surface area (Å²) in [6, 6.07) is 1.40. The summed E-state index contributed by atoms with van der Waals surface area (Å²) in [5.41, 5.74) is -0.132. The van der Waals surface area contributed by atoms with Gasteiger partial charge in [-0.2, -0.15) is 10.1 Å². The number of H-pyrrole nitrogens is 1. The van der Waals surface area contributed by atoms with Crippen molar-refractivity contribution in [3.8, 4) is 23.1 Å². The largest absolute Gasteiger partial charge is 0.480 e. The van der Waals surface area contributed by atoms with Crippen LogP contribution in [0.25, 0.3) is 11.3 Å². The molecule has 1 aliphatic heterocycles. The summed E-state index contributed by atoms with van der Waals surface area (Å²) < 4.78 is 37.2. The summed E-state index contributed by atoms with van der Waals surface area (Å²) in [7, 11) is 2.78. The Balaban J connectivity index is 2.02. The van der Waals surface area contributed by atoms with Crippen LogP contribution in [-0.2, 0) is 0 Å². The quantitative estimate of drug-likeness (QED) is 0.792. The van der Waals surface area contributed by atoms with Crippen LogP contribution in [0.1, 0.15) is 0 Å². The summed E-state index contributed by atoms with van der Waals surface area (Å²) in [4.78, 5) is 21.1. The molecule has 1 atom stereocenters. The first-order chi connectivity index (χ1) is 11.9. The van der Waals surface area contributed by atoms with Gasteiger partial charge in [0.25, 0.3) is 11.5 Å². The van der Waals surface area contributed by atoms with E-state index in [-0.39, 0.29) is 29.8 Å². The van der Waals surface area contributed by atoms with Crippen molar-refractivity contribution in [2.24, 2.45) is 0 Å².